The molecule has 1 amide bonds. The smallest absolute Gasteiger partial charge is 0.378 e. The number of nitrogens with zero attached hydrogens (tertiary/aromatic N) is 6. The number of likely N-dealkylation sites (N-methyl/N-ethyl adjacent to an activating group) is 1. The van der Waals surface area contributed by atoms with Crippen LogP contribution in [0.3, 0.4) is 0 Å². The number of benzene rings is 1. The molecule has 3 aliphatic heterocycles. The second-order valence-corrected chi connectivity index (χ2v) is 10.6. The van der Waals surface area contributed by atoms with Crippen LogP contribution in [0.4, 0.5) is 29.2 Å². The van der Waals surface area contributed by atoms with Gasteiger partial charge in [0.15, 0.2) is 5.54 Å². The van der Waals surface area contributed by atoms with E-state index in [0.717, 1.165) is 24.7 Å². The normalized spacial score (nSPS) is 25.6. The van der Waals surface area contributed by atoms with Gasteiger partial charge in [-0.05, 0) is 33.0 Å². The zero-order valence-electron chi connectivity index (χ0n) is 23.0. The van der Waals surface area contributed by atoms with Crippen molar-refractivity contribution in [1.29, 1.82) is 0 Å². The van der Waals surface area contributed by atoms with E-state index in [2.05, 4.69) is 25.2 Å². The molecule has 3 N–H and O–H groups in total. The molecule has 220 valence electrons. The number of ether oxygens (including phenoxy) is 1. The van der Waals surface area contributed by atoms with Gasteiger partial charge in [0.05, 0.1) is 25.1 Å². The summed E-state index contributed by atoms with van der Waals surface area (Å²) in [6.45, 7) is 6.75. The average Bonchev–Trinajstić information content (AvgIpc) is 2.95. The van der Waals surface area contributed by atoms with Gasteiger partial charge in [-0.15, -0.1) is 0 Å². The van der Waals surface area contributed by atoms with E-state index in [0.29, 0.717) is 45.3 Å². The number of anilines is 2. The Kier molecular flexibility index (Phi) is 7.64. The Balaban J connectivity index is 1.69. The first-order chi connectivity index (χ1) is 19.4. The number of carbonyl (C=O) groups is 1. The second kappa shape index (κ2) is 10.9. The average molecular weight is 577 g/mol. The molecule has 0 aliphatic carbocycles. The third-order valence-electron chi connectivity index (χ3n) is 8.09. The minimum absolute atomic E-state index is 0.00354. The van der Waals surface area contributed by atoms with E-state index in [4.69, 9.17) is 10.5 Å². The summed E-state index contributed by atoms with van der Waals surface area (Å²) in [4.78, 5) is 30.6. The third-order valence-corrected chi connectivity index (χ3v) is 8.09. The first-order valence-corrected chi connectivity index (χ1v) is 13.3. The zero-order valence-corrected chi connectivity index (χ0v) is 23.0. The molecule has 1 aromatic heterocycles. The maximum atomic E-state index is 15.9. The lowest BCUT2D eigenvalue weighted by atomic mass is 9.78. The van der Waals surface area contributed by atoms with E-state index in [9.17, 15) is 4.79 Å². The molecule has 3 atom stereocenters. The van der Waals surface area contributed by atoms with Gasteiger partial charge in [-0.25, -0.2) is 19.4 Å². The van der Waals surface area contributed by atoms with Crippen molar-refractivity contribution in [3.8, 4) is 11.1 Å². The monoisotopic (exact) mass is 576 g/mol. The maximum absolute atomic E-state index is 15.9. The van der Waals surface area contributed by atoms with E-state index in [-0.39, 0.29) is 34.5 Å². The van der Waals surface area contributed by atoms with E-state index in [1.165, 1.54) is 12.4 Å². The zero-order chi connectivity index (χ0) is 29.5. The number of primary amides is 1. The minimum Gasteiger partial charge on any atom is -0.378 e. The van der Waals surface area contributed by atoms with Crippen LogP contribution in [-0.4, -0.2) is 91.8 Å². The van der Waals surface area contributed by atoms with Crippen molar-refractivity contribution in [2.75, 3.05) is 56.2 Å². The lowest BCUT2D eigenvalue weighted by Gasteiger charge is -2.46. The van der Waals surface area contributed by atoms with Gasteiger partial charge in [-0.3, -0.25) is 9.69 Å². The number of carbonyl (C=O) groups excluding carboxylic acids is 1. The number of amides is 1. The van der Waals surface area contributed by atoms with Crippen LogP contribution in [-0.2, 0) is 15.1 Å². The number of rotatable bonds is 5. The number of hydrogen-bond acceptors (Lipinski definition) is 9. The topological polar surface area (TPSA) is 112 Å². The molecular formula is C27H32F4N8O2. The highest BCUT2D eigenvalue weighted by Crippen LogP contribution is 2.50. The molecule has 14 heteroatoms. The first kappa shape index (κ1) is 28.7. The highest BCUT2D eigenvalue weighted by Gasteiger charge is 2.62. The van der Waals surface area contributed by atoms with Crippen LogP contribution in [0, 0.1) is 5.82 Å². The highest BCUT2D eigenvalue weighted by molar-refractivity contribution is 5.97. The molecule has 1 unspecified atom stereocenters. The van der Waals surface area contributed by atoms with Crippen molar-refractivity contribution in [2.24, 2.45) is 10.7 Å². The van der Waals surface area contributed by atoms with Gasteiger partial charge in [0.2, 0.25) is 11.9 Å². The van der Waals surface area contributed by atoms with Gasteiger partial charge in [0.25, 0.3) is 0 Å². The summed E-state index contributed by atoms with van der Waals surface area (Å²) in [6, 6.07) is 2.13. The van der Waals surface area contributed by atoms with Gasteiger partial charge < -0.3 is 25.6 Å². The van der Waals surface area contributed by atoms with Crippen LogP contribution in [0.1, 0.15) is 19.4 Å². The van der Waals surface area contributed by atoms with E-state index < -0.39 is 29.0 Å². The molecule has 0 bridgehead atoms. The van der Waals surface area contributed by atoms with E-state index in [1.54, 1.807) is 4.90 Å². The molecular weight excluding hydrogens is 544 g/mol. The molecule has 2 aromatic rings. The summed E-state index contributed by atoms with van der Waals surface area (Å²) in [5.74, 6) is -1.65. The number of hydrogen-bond donors (Lipinski definition) is 2. The molecule has 10 nitrogen and oxygen atoms in total. The van der Waals surface area contributed by atoms with Crippen molar-refractivity contribution in [2.45, 2.75) is 37.6 Å². The number of halogens is 4. The molecule has 0 radical (unpaired) electrons. The van der Waals surface area contributed by atoms with Gasteiger partial charge in [0.1, 0.15) is 5.82 Å². The van der Waals surface area contributed by atoms with E-state index in [1.807, 2.05) is 25.8 Å². The molecule has 1 aromatic carbocycles. The summed E-state index contributed by atoms with van der Waals surface area (Å²) in [6.07, 6.45) is -0.650. The van der Waals surface area contributed by atoms with Crippen LogP contribution < -0.4 is 20.9 Å². The third kappa shape index (κ3) is 5.10. The number of piperazine rings is 1. The van der Waals surface area contributed by atoms with Gasteiger partial charge in [-0.1, -0.05) is 0 Å². The predicted molar refractivity (Wildman–Crippen MR) is 146 cm³/mol. The highest BCUT2D eigenvalue weighted by atomic mass is 19.4. The summed E-state index contributed by atoms with van der Waals surface area (Å²) in [7, 11) is 1.93. The maximum Gasteiger partial charge on any atom is 0.420 e. The van der Waals surface area contributed by atoms with Crippen molar-refractivity contribution in [1.82, 2.24) is 20.2 Å². The lowest BCUT2D eigenvalue weighted by molar-refractivity contribution is -0.185. The molecule has 0 saturated carbocycles. The first-order valence-electron chi connectivity index (χ1n) is 13.3. The predicted octanol–water partition coefficient (Wildman–Crippen LogP) is 2.41. The molecule has 41 heavy (non-hydrogen) atoms. The van der Waals surface area contributed by atoms with Crippen molar-refractivity contribution in [3.05, 3.63) is 47.7 Å². The molecule has 4 heterocycles. The number of nitrogens with one attached hydrogen (secondary N) is 1. The van der Waals surface area contributed by atoms with Crippen LogP contribution in [0.5, 0.6) is 0 Å². The van der Waals surface area contributed by atoms with Crippen molar-refractivity contribution >= 4 is 23.9 Å². The molecule has 3 aliphatic rings. The number of aliphatic imine (C=N–C) groups is 1. The Labute approximate surface area is 234 Å². The van der Waals surface area contributed by atoms with Crippen molar-refractivity contribution in [3.63, 3.8) is 0 Å². The van der Waals surface area contributed by atoms with Gasteiger partial charge in [-0.2, -0.15) is 13.2 Å². The number of alkyl halides is 3. The molecule has 0 spiro atoms. The summed E-state index contributed by atoms with van der Waals surface area (Å²) in [5.41, 5.74) is 1.25. The summed E-state index contributed by atoms with van der Waals surface area (Å²) < 4.78 is 66.9. The Morgan fingerprint density at radius 1 is 1.10 bits per heavy atom. The standard InChI is InChI=1S/C27H32F4N8O2/c1-16-13-39(14-17(2)37(16)3)23-9-22(28)19(18-10-34-25(35-11-18)38-4-6-41-7-5-38)8-20(23)26(27(29,30)31)21(24(32)40)12-33-15-36-26/h8-12,15-17H,4-7,13-14H2,1-3H3,(H2,32,40)(H,33,36)/t16-,17+,26?. The Morgan fingerprint density at radius 3 is 2.32 bits per heavy atom. The summed E-state index contributed by atoms with van der Waals surface area (Å²) >= 11 is 0. The molecule has 2 fully saturated rings. The Morgan fingerprint density at radius 2 is 1.73 bits per heavy atom. The van der Waals surface area contributed by atoms with E-state index >= 15 is 17.6 Å². The quantitative estimate of drug-likeness (QED) is 0.522. The van der Waals surface area contributed by atoms with Gasteiger partial charge in [0, 0.05) is 79.2 Å². The van der Waals surface area contributed by atoms with Crippen LogP contribution in [0.2, 0.25) is 0 Å². The SMILES string of the molecule is C[C@@H]1CN(c2cc(F)c(-c3cnc(N4CCOCC4)nc3)cc2C2(C(F)(F)F)NC=NC=C2C(N)=O)C[C@H](C)N1C. The summed E-state index contributed by atoms with van der Waals surface area (Å²) in [5, 5.41) is 2.29. The minimum atomic E-state index is -5.06. The Bertz CT molecular complexity index is 1350. The van der Waals surface area contributed by atoms with Gasteiger partial charge >= 0.3 is 6.18 Å². The fourth-order valence-electron chi connectivity index (χ4n) is 5.61. The lowest BCUT2D eigenvalue weighted by Crippen LogP contribution is -2.60. The van der Waals surface area contributed by atoms with Crippen LogP contribution in [0.25, 0.3) is 11.1 Å². The number of aromatic nitrogens is 2. The number of morpholine rings is 1. The van der Waals surface area contributed by atoms with Crippen LogP contribution in [0.15, 0.2) is 41.3 Å². The van der Waals surface area contributed by atoms with Crippen LogP contribution >= 0.6 is 0 Å². The fraction of sp³-hybridized carbons (Fsp3) is 0.481. The number of nitrogens with two attached hydrogens (primary N) is 1. The largest absolute Gasteiger partial charge is 0.420 e. The molecule has 5 rings (SSSR count). The fourth-order valence-corrected chi connectivity index (χ4v) is 5.61. The van der Waals surface area contributed by atoms with Crippen molar-refractivity contribution < 1.29 is 27.1 Å². The molecule has 2 saturated heterocycles. The second-order valence-electron chi connectivity index (χ2n) is 10.6. The Hall–Kier alpha value is -3.78.